The van der Waals surface area contributed by atoms with Gasteiger partial charge in [0.2, 0.25) is 5.43 Å². The Kier molecular flexibility index (Phi) is 5.23. The molecule has 1 aromatic heterocycles. The number of halogens is 1. The summed E-state index contributed by atoms with van der Waals surface area (Å²) in [5.74, 6) is -0.796. The van der Waals surface area contributed by atoms with Crippen LogP contribution in [0.4, 0.5) is 5.69 Å². The maximum absolute atomic E-state index is 12.7. The van der Waals surface area contributed by atoms with Crippen molar-refractivity contribution < 1.29 is 14.5 Å². The molecule has 0 radical (unpaired) electrons. The van der Waals surface area contributed by atoms with Crippen molar-refractivity contribution in [3.05, 3.63) is 85.1 Å². The molecule has 7 nitrogen and oxygen atoms in total. The molecule has 0 amide bonds. The largest absolute Gasteiger partial charge is 0.457 e. The number of non-ortho nitro benzene ring substituents is 1. The second kappa shape index (κ2) is 7.59. The van der Waals surface area contributed by atoms with Crippen molar-refractivity contribution in [1.29, 1.82) is 0 Å². The quantitative estimate of drug-likeness (QED) is 0.376. The first kappa shape index (κ1) is 18.6. The van der Waals surface area contributed by atoms with Gasteiger partial charge in [-0.3, -0.25) is 14.9 Å². The molecule has 8 heteroatoms. The molecule has 27 heavy (non-hydrogen) atoms. The summed E-state index contributed by atoms with van der Waals surface area (Å²) < 4.78 is 6.96. The molecule has 2 aromatic carbocycles. The Balaban J connectivity index is 1.92. The van der Waals surface area contributed by atoms with E-state index in [2.05, 4.69) is 0 Å². The highest BCUT2D eigenvalue weighted by atomic mass is 35.5. The van der Waals surface area contributed by atoms with E-state index in [4.69, 9.17) is 16.3 Å². The van der Waals surface area contributed by atoms with Crippen molar-refractivity contribution in [1.82, 2.24) is 4.57 Å². The predicted molar refractivity (Wildman–Crippen MR) is 101 cm³/mol. The first-order valence-corrected chi connectivity index (χ1v) is 8.51. The molecule has 138 valence electrons. The zero-order valence-electron chi connectivity index (χ0n) is 14.3. The molecule has 1 heterocycles. The molecule has 3 rings (SSSR count). The summed E-state index contributed by atoms with van der Waals surface area (Å²) in [6.45, 7) is 2.25. The summed E-state index contributed by atoms with van der Waals surface area (Å²) in [7, 11) is 0. The van der Waals surface area contributed by atoms with E-state index >= 15 is 0 Å². The fourth-order valence-corrected chi connectivity index (χ4v) is 2.94. The van der Waals surface area contributed by atoms with Gasteiger partial charge in [0.05, 0.1) is 10.4 Å². The predicted octanol–water partition coefficient (Wildman–Crippen LogP) is 3.94. The van der Waals surface area contributed by atoms with E-state index in [1.165, 1.54) is 30.5 Å². The Bertz CT molecular complexity index is 1110. The van der Waals surface area contributed by atoms with Gasteiger partial charge < -0.3 is 9.30 Å². The third-order valence-corrected chi connectivity index (χ3v) is 4.33. The second-order valence-electron chi connectivity index (χ2n) is 5.82. The lowest BCUT2D eigenvalue weighted by molar-refractivity contribution is -0.384. The lowest BCUT2D eigenvalue weighted by Crippen LogP contribution is -2.20. The van der Waals surface area contributed by atoms with Crippen LogP contribution in [0.15, 0.2) is 53.5 Å². The topological polar surface area (TPSA) is 91.4 Å². The molecule has 0 fully saturated rings. The molecular weight excluding hydrogens is 372 g/mol. The number of fused-ring (bicyclic) bond motifs is 1. The Morgan fingerprint density at radius 3 is 2.74 bits per heavy atom. The monoisotopic (exact) mass is 386 g/mol. The highest BCUT2D eigenvalue weighted by molar-refractivity contribution is 6.31. The van der Waals surface area contributed by atoms with Crippen LogP contribution >= 0.6 is 11.6 Å². The van der Waals surface area contributed by atoms with Crippen LogP contribution in [0.3, 0.4) is 0 Å². The van der Waals surface area contributed by atoms with E-state index in [-0.39, 0.29) is 17.9 Å². The fourth-order valence-electron chi connectivity index (χ4n) is 2.76. The van der Waals surface area contributed by atoms with Gasteiger partial charge in [-0.15, -0.1) is 0 Å². The van der Waals surface area contributed by atoms with E-state index in [9.17, 15) is 19.7 Å². The maximum atomic E-state index is 12.7. The summed E-state index contributed by atoms with van der Waals surface area (Å²) >= 11 is 5.98. The number of carbonyl (C=O) groups excluding carboxylic acids is 1. The minimum absolute atomic E-state index is 0.0998. The van der Waals surface area contributed by atoms with E-state index in [0.717, 1.165) is 0 Å². The number of hydrogen-bond donors (Lipinski definition) is 0. The summed E-state index contributed by atoms with van der Waals surface area (Å²) in [6, 6.07) is 10.7. The number of nitrogens with zero attached hydrogens (tertiary/aromatic N) is 2. The average molecular weight is 387 g/mol. The maximum Gasteiger partial charge on any atom is 0.343 e. The number of aryl methyl sites for hydroxylation is 1. The van der Waals surface area contributed by atoms with Gasteiger partial charge in [0, 0.05) is 35.3 Å². The van der Waals surface area contributed by atoms with Crippen molar-refractivity contribution >= 4 is 34.2 Å². The summed E-state index contributed by atoms with van der Waals surface area (Å²) in [6.07, 6.45) is 1.45. The summed E-state index contributed by atoms with van der Waals surface area (Å²) in [4.78, 5) is 35.4. The number of aromatic nitrogens is 1. The van der Waals surface area contributed by atoms with Crippen LogP contribution in [0.5, 0.6) is 0 Å². The van der Waals surface area contributed by atoms with Gasteiger partial charge in [-0.05, 0) is 30.7 Å². The smallest absolute Gasteiger partial charge is 0.343 e. The fraction of sp³-hybridized carbons (Fsp3) is 0.158. The standard InChI is InChI=1S/C19H15ClN2O5/c1-2-21-10-16(18(23)15-9-13(20)6-7-17(15)21)19(24)27-11-12-4-3-5-14(8-12)22(25)26/h3-10H,2,11H2,1H3. The second-order valence-corrected chi connectivity index (χ2v) is 6.26. The van der Waals surface area contributed by atoms with E-state index in [1.807, 2.05) is 6.92 Å². The molecule has 0 atom stereocenters. The molecule has 3 aromatic rings. The Labute approximate surface area is 158 Å². The number of nitro groups is 1. The minimum atomic E-state index is -0.796. The number of hydrogen-bond acceptors (Lipinski definition) is 5. The number of benzene rings is 2. The van der Waals surface area contributed by atoms with Crippen LogP contribution in [-0.4, -0.2) is 15.5 Å². The van der Waals surface area contributed by atoms with Crippen LogP contribution in [0.25, 0.3) is 10.9 Å². The van der Waals surface area contributed by atoms with Gasteiger partial charge in [0.25, 0.3) is 5.69 Å². The molecule has 0 unspecified atom stereocenters. The molecule has 0 aliphatic heterocycles. The number of ether oxygens (including phenoxy) is 1. The third-order valence-electron chi connectivity index (χ3n) is 4.09. The van der Waals surface area contributed by atoms with Crippen molar-refractivity contribution in [3.8, 4) is 0 Å². The van der Waals surface area contributed by atoms with Gasteiger partial charge in [0.15, 0.2) is 0 Å². The highest BCUT2D eigenvalue weighted by Gasteiger charge is 2.17. The number of carbonyl (C=O) groups is 1. The SMILES string of the molecule is CCn1cc(C(=O)OCc2cccc([N+](=O)[O-])c2)c(=O)c2cc(Cl)ccc21. The summed E-state index contributed by atoms with van der Waals surface area (Å²) in [5, 5.41) is 11.5. The van der Waals surface area contributed by atoms with Crippen LogP contribution in [-0.2, 0) is 17.9 Å². The van der Waals surface area contributed by atoms with Crippen molar-refractivity contribution in [2.75, 3.05) is 0 Å². The number of esters is 1. The van der Waals surface area contributed by atoms with Crippen LogP contribution in [0, 0.1) is 10.1 Å². The average Bonchev–Trinajstić information content (AvgIpc) is 2.67. The van der Waals surface area contributed by atoms with E-state index in [0.29, 0.717) is 28.0 Å². The van der Waals surface area contributed by atoms with Crippen molar-refractivity contribution in [3.63, 3.8) is 0 Å². The third kappa shape index (κ3) is 3.83. The lowest BCUT2D eigenvalue weighted by Gasteiger charge is -2.11. The Morgan fingerprint density at radius 2 is 2.04 bits per heavy atom. The van der Waals surface area contributed by atoms with Gasteiger partial charge in [-0.2, -0.15) is 0 Å². The molecular formula is C19H15ClN2O5. The van der Waals surface area contributed by atoms with Crippen LogP contribution < -0.4 is 5.43 Å². The zero-order valence-corrected chi connectivity index (χ0v) is 15.1. The normalized spacial score (nSPS) is 10.7. The minimum Gasteiger partial charge on any atom is -0.457 e. The van der Waals surface area contributed by atoms with Crippen LogP contribution in [0.2, 0.25) is 5.02 Å². The first-order valence-electron chi connectivity index (χ1n) is 8.14. The Hall–Kier alpha value is -3.19. The summed E-state index contributed by atoms with van der Waals surface area (Å²) in [5.41, 5.74) is 0.440. The van der Waals surface area contributed by atoms with Gasteiger partial charge in [0.1, 0.15) is 12.2 Å². The van der Waals surface area contributed by atoms with Crippen molar-refractivity contribution in [2.24, 2.45) is 0 Å². The molecule has 0 bridgehead atoms. The first-order chi connectivity index (χ1) is 12.9. The van der Waals surface area contributed by atoms with Gasteiger partial charge in [-0.25, -0.2) is 4.79 Å². The van der Waals surface area contributed by atoms with Gasteiger partial charge in [-0.1, -0.05) is 23.7 Å². The number of nitro benzene ring substituents is 1. The van der Waals surface area contributed by atoms with E-state index in [1.54, 1.807) is 22.8 Å². The molecule has 0 spiro atoms. The number of pyridine rings is 1. The van der Waals surface area contributed by atoms with E-state index < -0.39 is 16.3 Å². The molecule has 0 saturated heterocycles. The lowest BCUT2D eigenvalue weighted by atomic mass is 10.1. The Morgan fingerprint density at radius 1 is 1.26 bits per heavy atom. The highest BCUT2D eigenvalue weighted by Crippen LogP contribution is 2.19. The molecule has 0 saturated carbocycles. The van der Waals surface area contributed by atoms with Crippen molar-refractivity contribution in [2.45, 2.75) is 20.1 Å². The molecule has 0 N–H and O–H groups in total. The molecule has 0 aliphatic rings. The zero-order chi connectivity index (χ0) is 19.6. The van der Waals surface area contributed by atoms with Crippen LogP contribution in [0.1, 0.15) is 22.8 Å². The number of rotatable bonds is 5. The molecule has 0 aliphatic carbocycles. The van der Waals surface area contributed by atoms with Gasteiger partial charge >= 0.3 is 5.97 Å².